The topological polar surface area (TPSA) is 70.8 Å². The van der Waals surface area contributed by atoms with Gasteiger partial charge in [0, 0.05) is 36.3 Å². The first-order valence-corrected chi connectivity index (χ1v) is 12.0. The molecule has 2 aromatic carbocycles. The molecule has 1 aliphatic heterocycles. The number of aromatic nitrogens is 2. The molecule has 3 aromatic rings. The van der Waals surface area contributed by atoms with Crippen LogP contribution in [0.3, 0.4) is 0 Å². The van der Waals surface area contributed by atoms with Gasteiger partial charge in [-0.05, 0) is 63.4 Å². The van der Waals surface area contributed by atoms with Crippen LogP contribution in [0.15, 0.2) is 60.8 Å². The van der Waals surface area contributed by atoms with Crippen LogP contribution in [0.2, 0.25) is 0 Å². The first-order valence-electron chi connectivity index (χ1n) is 12.0. The molecule has 2 N–H and O–H groups in total. The van der Waals surface area contributed by atoms with Gasteiger partial charge in [0.2, 0.25) is 0 Å². The van der Waals surface area contributed by atoms with Crippen molar-refractivity contribution in [2.75, 3.05) is 19.7 Å². The summed E-state index contributed by atoms with van der Waals surface area (Å²) < 4.78 is 8.21. The Bertz CT molecular complexity index is 1080. The quantitative estimate of drug-likeness (QED) is 0.546. The molecule has 6 heteroatoms. The van der Waals surface area contributed by atoms with Crippen molar-refractivity contribution in [3.05, 3.63) is 66.4 Å². The fourth-order valence-electron chi connectivity index (χ4n) is 4.60. The summed E-state index contributed by atoms with van der Waals surface area (Å²) >= 11 is 0. The molecule has 1 saturated heterocycles. The van der Waals surface area contributed by atoms with Gasteiger partial charge >= 0.3 is 0 Å². The monoisotopic (exact) mass is 447 g/mol. The molecule has 2 fully saturated rings. The highest BCUT2D eigenvalue weighted by Crippen LogP contribution is 2.34. The lowest BCUT2D eigenvalue weighted by Crippen LogP contribution is -2.47. The molecule has 5 rings (SSSR count). The molecule has 1 aromatic heterocycles. The molecule has 2 heterocycles. The van der Waals surface area contributed by atoms with Crippen LogP contribution in [0.4, 0.5) is 0 Å². The van der Waals surface area contributed by atoms with E-state index in [1.165, 1.54) is 0 Å². The highest BCUT2D eigenvalue weighted by Gasteiger charge is 2.35. The molecule has 0 spiro atoms. The number of hydrogen-bond acceptors (Lipinski definition) is 5. The van der Waals surface area contributed by atoms with E-state index in [2.05, 4.69) is 23.1 Å². The van der Waals surface area contributed by atoms with Crippen LogP contribution in [-0.4, -0.2) is 56.3 Å². The molecular formula is C27H33N3O3. The van der Waals surface area contributed by atoms with Crippen LogP contribution in [-0.2, 0) is 6.54 Å². The third-order valence-electron chi connectivity index (χ3n) is 6.89. The molecule has 2 aliphatic rings. The summed E-state index contributed by atoms with van der Waals surface area (Å²) in [6.45, 7) is 4.08. The van der Waals surface area contributed by atoms with Crippen LogP contribution < -0.4 is 4.74 Å². The van der Waals surface area contributed by atoms with Crippen LogP contribution in [0, 0.1) is 5.92 Å². The second-order valence-electron chi connectivity index (χ2n) is 9.71. The van der Waals surface area contributed by atoms with Gasteiger partial charge < -0.3 is 14.9 Å². The van der Waals surface area contributed by atoms with E-state index in [4.69, 9.17) is 9.84 Å². The Morgan fingerprint density at radius 1 is 1.09 bits per heavy atom. The smallest absolute Gasteiger partial charge is 0.124 e. The fraction of sp³-hybridized carbons (Fsp3) is 0.444. The van der Waals surface area contributed by atoms with Gasteiger partial charge in [0.1, 0.15) is 5.75 Å². The zero-order valence-electron chi connectivity index (χ0n) is 19.2. The van der Waals surface area contributed by atoms with Crippen LogP contribution in [0.5, 0.6) is 5.75 Å². The van der Waals surface area contributed by atoms with E-state index < -0.39 is 5.60 Å². The molecule has 1 saturated carbocycles. The van der Waals surface area contributed by atoms with Crippen molar-refractivity contribution >= 4 is 0 Å². The van der Waals surface area contributed by atoms with Gasteiger partial charge in [-0.3, -0.25) is 4.90 Å². The summed E-state index contributed by atoms with van der Waals surface area (Å²) in [4.78, 5) is 2.37. The van der Waals surface area contributed by atoms with Crippen molar-refractivity contribution in [2.45, 2.75) is 50.9 Å². The van der Waals surface area contributed by atoms with Gasteiger partial charge in [-0.25, -0.2) is 4.68 Å². The maximum absolute atomic E-state index is 10.6. The molecule has 0 radical (unpaired) electrons. The van der Waals surface area contributed by atoms with Crippen molar-refractivity contribution in [1.29, 1.82) is 0 Å². The minimum absolute atomic E-state index is 0.0743. The number of nitrogens with zero attached hydrogens (tertiary/aromatic N) is 3. The number of piperidine rings is 1. The van der Waals surface area contributed by atoms with Gasteiger partial charge in [0.15, 0.2) is 0 Å². The number of hydrogen-bond donors (Lipinski definition) is 2. The minimum atomic E-state index is -1.03. The Balaban J connectivity index is 1.36. The van der Waals surface area contributed by atoms with Crippen molar-refractivity contribution in [1.82, 2.24) is 14.7 Å². The lowest BCUT2D eigenvalue weighted by atomic mass is 9.83. The maximum Gasteiger partial charge on any atom is 0.124 e. The third-order valence-corrected chi connectivity index (χ3v) is 6.89. The van der Waals surface area contributed by atoms with Crippen molar-refractivity contribution < 1.29 is 14.9 Å². The highest BCUT2D eigenvalue weighted by molar-refractivity contribution is 5.62. The summed E-state index contributed by atoms with van der Waals surface area (Å²) in [7, 11) is 0. The van der Waals surface area contributed by atoms with Gasteiger partial charge in [0.05, 0.1) is 29.7 Å². The van der Waals surface area contributed by atoms with E-state index in [9.17, 15) is 10.2 Å². The Morgan fingerprint density at radius 3 is 2.67 bits per heavy atom. The molecule has 0 amide bonds. The molecule has 174 valence electrons. The second kappa shape index (κ2) is 9.29. The number of aliphatic hydroxyl groups excluding tert-OH is 1. The Morgan fingerprint density at radius 2 is 1.91 bits per heavy atom. The van der Waals surface area contributed by atoms with Gasteiger partial charge in [-0.1, -0.05) is 30.3 Å². The second-order valence-corrected chi connectivity index (χ2v) is 9.71. The Labute approximate surface area is 195 Å². The van der Waals surface area contributed by atoms with Crippen molar-refractivity contribution in [2.24, 2.45) is 5.92 Å². The lowest BCUT2D eigenvalue weighted by molar-refractivity contribution is -0.0697. The van der Waals surface area contributed by atoms with E-state index >= 15 is 0 Å². The first kappa shape index (κ1) is 22.1. The Hall–Kier alpha value is -2.67. The molecule has 2 atom stereocenters. The van der Waals surface area contributed by atoms with Crippen LogP contribution in [0.1, 0.15) is 38.2 Å². The first-order chi connectivity index (χ1) is 16.0. The normalized spacial score (nSPS) is 21.0. The predicted octanol–water partition coefficient (Wildman–Crippen LogP) is 4.04. The van der Waals surface area contributed by atoms with Gasteiger partial charge in [-0.2, -0.15) is 5.10 Å². The zero-order chi connectivity index (χ0) is 22.8. The van der Waals surface area contributed by atoms with E-state index in [1.54, 1.807) is 6.92 Å². The van der Waals surface area contributed by atoms with E-state index in [0.29, 0.717) is 6.10 Å². The molecule has 0 unspecified atom stereocenters. The van der Waals surface area contributed by atoms with Gasteiger partial charge in [-0.15, -0.1) is 0 Å². The predicted molar refractivity (Wildman–Crippen MR) is 128 cm³/mol. The minimum Gasteiger partial charge on any atom is -0.490 e. The molecule has 6 nitrogen and oxygen atoms in total. The average molecular weight is 448 g/mol. The van der Waals surface area contributed by atoms with E-state index in [-0.39, 0.29) is 12.5 Å². The number of para-hydroxylation sites is 1. The zero-order valence-corrected chi connectivity index (χ0v) is 19.2. The number of benzene rings is 2. The van der Waals surface area contributed by atoms with Crippen LogP contribution >= 0.6 is 0 Å². The summed E-state index contributed by atoms with van der Waals surface area (Å²) in [5.74, 6) is 1.01. The highest BCUT2D eigenvalue weighted by atomic mass is 16.5. The van der Waals surface area contributed by atoms with Crippen molar-refractivity contribution in [3.8, 4) is 22.7 Å². The number of likely N-dealkylation sites (tertiary alicyclic amines) is 1. The number of ether oxygens (including phenoxy) is 1. The van der Waals surface area contributed by atoms with Gasteiger partial charge in [0.25, 0.3) is 0 Å². The number of rotatable bonds is 8. The summed E-state index contributed by atoms with van der Waals surface area (Å²) in [6, 6.07) is 18.6. The standard InChI is InChI=1S/C27H33N3O3/c1-27(32,19-31)22-6-5-14-29(18-22)17-21-10-9-20(16-26(21)33-24-11-12-24)25-13-15-30(28-25)23-7-3-2-4-8-23/h2-4,7-10,13,15-16,22,24,31-32H,5-6,11-12,14,17-19H2,1H3/t22-,27+/m0/s1. The lowest BCUT2D eigenvalue weighted by Gasteiger charge is -2.39. The van der Waals surface area contributed by atoms with Crippen LogP contribution in [0.25, 0.3) is 16.9 Å². The summed E-state index contributed by atoms with van der Waals surface area (Å²) in [5.41, 5.74) is 3.13. The Kier molecular flexibility index (Phi) is 6.23. The summed E-state index contributed by atoms with van der Waals surface area (Å²) in [6.07, 6.45) is 6.48. The average Bonchev–Trinajstić information content (AvgIpc) is 3.52. The fourth-order valence-corrected chi connectivity index (χ4v) is 4.60. The summed E-state index contributed by atoms with van der Waals surface area (Å²) in [5, 5.41) is 24.9. The largest absolute Gasteiger partial charge is 0.490 e. The third kappa shape index (κ3) is 5.13. The maximum atomic E-state index is 10.6. The van der Waals surface area contributed by atoms with E-state index in [1.807, 2.05) is 47.3 Å². The molecular weight excluding hydrogens is 414 g/mol. The number of aliphatic hydroxyl groups is 2. The molecule has 33 heavy (non-hydrogen) atoms. The van der Waals surface area contributed by atoms with E-state index in [0.717, 1.165) is 73.6 Å². The molecule has 1 aliphatic carbocycles. The van der Waals surface area contributed by atoms with Crippen molar-refractivity contribution in [3.63, 3.8) is 0 Å². The molecule has 0 bridgehead atoms. The SMILES string of the molecule is C[C@@](O)(CO)[C@H]1CCCN(Cc2ccc(-c3ccn(-c4ccccc4)n3)cc2OC2CC2)C1.